The molecule has 0 aliphatic rings. The summed E-state index contributed by atoms with van der Waals surface area (Å²) in [6.07, 6.45) is 2.72. The van der Waals surface area contributed by atoms with Crippen molar-refractivity contribution in [3.63, 3.8) is 0 Å². The Labute approximate surface area is 70.8 Å². The highest BCUT2D eigenvalue weighted by atomic mass is 32.2. The van der Waals surface area contributed by atoms with E-state index in [1.165, 1.54) is 24.5 Å². The minimum absolute atomic E-state index is 0.112. The molecular formula is C7H8NO3S. The van der Waals surface area contributed by atoms with Crippen LogP contribution in [0.3, 0.4) is 0 Å². The average Bonchev–Trinajstić information content (AvgIpc) is 2.06. The molecule has 4 nitrogen and oxygen atoms in total. The molecule has 0 saturated carbocycles. The van der Waals surface area contributed by atoms with Gasteiger partial charge in [0.1, 0.15) is 0 Å². The van der Waals surface area contributed by atoms with Crippen LogP contribution in [0.4, 0.5) is 0 Å². The van der Waals surface area contributed by atoms with Crippen LogP contribution in [0.15, 0.2) is 29.4 Å². The van der Waals surface area contributed by atoms with Crippen molar-refractivity contribution < 1.29 is 13.5 Å². The number of nitrogens with zero attached hydrogens (tertiary/aromatic N) is 1. The van der Waals surface area contributed by atoms with E-state index in [1.807, 2.05) is 0 Å². The SMILES string of the molecule is [O]CCS(=O)(=O)c1cccnc1. The Kier molecular flexibility index (Phi) is 2.78. The van der Waals surface area contributed by atoms with Crippen molar-refractivity contribution in [3.8, 4) is 0 Å². The maximum absolute atomic E-state index is 11.2. The van der Waals surface area contributed by atoms with E-state index in [-0.39, 0.29) is 10.6 Å². The summed E-state index contributed by atoms with van der Waals surface area (Å²) in [5, 5.41) is 10.1. The quantitative estimate of drug-likeness (QED) is 0.681. The Morgan fingerprint density at radius 1 is 1.42 bits per heavy atom. The lowest BCUT2D eigenvalue weighted by atomic mass is 10.5. The van der Waals surface area contributed by atoms with Gasteiger partial charge in [-0.3, -0.25) is 4.98 Å². The van der Waals surface area contributed by atoms with E-state index in [0.717, 1.165) is 0 Å². The lowest BCUT2D eigenvalue weighted by molar-refractivity contribution is 0.213. The van der Waals surface area contributed by atoms with Gasteiger partial charge in [-0.25, -0.2) is 13.5 Å². The topological polar surface area (TPSA) is 66.9 Å². The molecule has 0 aromatic carbocycles. The van der Waals surface area contributed by atoms with Crippen LogP contribution >= 0.6 is 0 Å². The van der Waals surface area contributed by atoms with Gasteiger partial charge in [0.15, 0.2) is 9.84 Å². The molecule has 0 unspecified atom stereocenters. The number of pyridine rings is 1. The molecule has 0 spiro atoms. The first-order valence-electron chi connectivity index (χ1n) is 3.38. The highest BCUT2D eigenvalue weighted by molar-refractivity contribution is 7.91. The zero-order valence-electron chi connectivity index (χ0n) is 6.30. The summed E-state index contributed by atoms with van der Waals surface area (Å²) in [6.45, 7) is -0.614. The van der Waals surface area contributed by atoms with Crippen molar-refractivity contribution in [2.75, 3.05) is 12.4 Å². The maximum atomic E-state index is 11.2. The van der Waals surface area contributed by atoms with E-state index in [2.05, 4.69) is 4.98 Å². The van der Waals surface area contributed by atoms with Crippen molar-refractivity contribution >= 4 is 9.84 Å². The van der Waals surface area contributed by atoms with Gasteiger partial charge in [0, 0.05) is 12.4 Å². The summed E-state index contributed by atoms with van der Waals surface area (Å²) < 4.78 is 22.4. The fraction of sp³-hybridized carbons (Fsp3) is 0.286. The molecule has 1 rings (SSSR count). The van der Waals surface area contributed by atoms with Crippen LogP contribution in [-0.2, 0) is 14.9 Å². The summed E-state index contributed by atoms with van der Waals surface area (Å²) in [4.78, 5) is 3.76. The summed E-state index contributed by atoms with van der Waals surface area (Å²) in [5.41, 5.74) is 0. The summed E-state index contributed by atoms with van der Waals surface area (Å²) in [5.74, 6) is -0.362. The lowest BCUT2D eigenvalue weighted by Crippen LogP contribution is -2.09. The van der Waals surface area contributed by atoms with E-state index >= 15 is 0 Å². The number of aromatic nitrogens is 1. The molecule has 0 amide bonds. The molecular weight excluding hydrogens is 178 g/mol. The second-order valence-electron chi connectivity index (χ2n) is 2.21. The number of rotatable bonds is 3. The first-order chi connectivity index (χ1) is 5.67. The van der Waals surface area contributed by atoms with E-state index in [1.54, 1.807) is 0 Å². The van der Waals surface area contributed by atoms with E-state index < -0.39 is 16.4 Å². The zero-order chi connectivity index (χ0) is 9.03. The number of hydrogen-bond donors (Lipinski definition) is 0. The third kappa shape index (κ3) is 2.02. The molecule has 0 fully saturated rings. The molecule has 1 heterocycles. The van der Waals surface area contributed by atoms with E-state index in [9.17, 15) is 13.5 Å². The summed E-state index contributed by atoms with van der Waals surface area (Å²) >= 11 is 0. The van der Waals surface area contributed by atoms with E-state index in [0.29, 0.717) is 0 Å². The van der Waals surface area contributed by atoms with Crippen molar-refractivity contribution in [1.29, 1.82) is 0 Å². The van der Waals surface area contributed by atoms with Crippen molar-refractivity contribution in [2.24, 2.45) is 0 Å². The molecule has 0 N–H and O–H groups in total. The fourth-order valence-corrected chi connectivity index (χ4v) is 1.72. The predicted molar refractivity (Wildman–Crippen MR) is 41.8 cm³/mol. The molecule has 12 heavy (non-hydrogen) atoms. The minimum Gasteiger partial charge on any atom is -0.263 e. The third-order valence-corrected chi connectivity index (χ3v) is 3.01. The van der Waals surface area contributed by atoms with Crippen molar-refractivity contribution in [2.45, 2.75) is 4.90 Å². The van der Waals surface area contributed by atoms with Crippen molar-refractivity contribution in [1.82, 2.24) is 4.98 Å². The largest absolute Gasteiger partial charge is 0.263 e. The van der Waals surface area contributed by atoms with Gasteiger partial charge >= 0.3 is 0 Å². The van der Waals surface area contributed by atoms with Crippen LogP contribution in [-0.4, -0.2) is 25.8 Å². The van der Waals surface area contributed by atoms with Crippen LogP contribution in [0.2, 0.25) is 0 Å². The van der Waals surface area contributed by atoms with Crippen LogP contribution < -0.4 is 0 Å². The van der Waals surface area contributed by atoms with Gasteiger partial charge in [0.2, 0.25) is 0 Å². The molecule has 0 aliphatic heterocycles. The lowest BCUT2D eigenvalue weighted by Gasteiger charge is -1.98. The van der Waals surface area contributed by atoms with Gasteiger partial charge in [-0.15, -0.1) is 0 Å². The highest BCUT2D eigenvalue weighted by Crippen LogP contribution is 2.07. The summed E-state index contributed by atoms with van der Waals surface area (Å²) in [7, 11) is -3.39. The second-order valence-corrected chi connectivity index (χ2v) is 4.32. The van der Waals surface area contributed by atoms with Gasteiger partial charge in [-0.1, -0.05) is 0 Å². The summed E-state index contributed by atoms with van der Waals surface area (Å²) in [6, 6.07) is 2.95. The minimum atomic E-state index is -3.39. The van der Waals surface area contributed by atoms with Crippen LogP contribution in [0.1, 0.15) is 0 Å². The highest BCUT2D eigenvalue weighted by Gasteiger charge is 2.12. The Hall–Kier alpha value is -0.940. The molecule has 0 atom stereocenters. The van der Waals surface area contributed by atoms with Gasteiger partial charge in [-0.05, 0) is 12.1 Å². The van der Waals surface area contributed by atoms with E-state index in [4.69, 9.17) is 0 Å². The predicted octanol–water partition coefficient (Wildman–Crippen LogP) is 0.286. The van der Waals surface area contributed by atoms with Crippen LogP contribution in [0, 0.1) is 0 Å². The number of hydrogen-bond acceptors (Lipinski definition) is 3. The first-order valence-corrected chi connectivity index (χ1v) is 5.03. The Bertz CT molecular complexity index is 333. The molecule has 0 aliphatic carbocycles. The Morgan fingerprint density at radius 2 is 2.17 bits per heavy atom. The molecule has 0 bridgehead atoms. The number of sulfone groups is 1. The standard InChI is InChI=1S/C7H8NO3S/c9-4-5-12(10,11)7-2-1-3-8-6-7/h1-3,6H,4-5H2. The third-order valence-electron chi connectivity index (χ3n) is 1.35. The molecule has 1 aromatic rings. The smallest absolute Gasteiger partial charge is 0.182 e. The normalized spacial score (nSPS) is 11.4. The molecule has 5 heteroatoms. The Balaban J connectivity index is 2.99. The maximum Gasteiger partial charge on any atom is 0.182 e. The average molecular weight is 186 g/mol. The van der Waals surface area contributed by atoms with Gasteiger partial charge in [-0.2, -0.15) is 0 Å². The van der Waals surface area contributed by atoms with Crippen molar-refractivity contribution in [3.05, 3.63) is 24.5 Å². The monoisotopic (exact) mass is 186 g/mol. The molecule has 1 radical (unpaired) electrons. The Morgan fingerprint density at radius 3 is 2.67 bits per heavy atom. The van der Waals surface area contributed by atoms with Crippen LogP contribution in [0.25, 0.3) is 0 Å². The second kappa shape index (κ2) is 3.64. The first kappa shape index (κ1) is 9.15. The fourth-order valence-electron chi connectivity index (χ4n) is 0.759. The van der Waals surface area contributed by atoms with Gasteiger partial charge in [0.05, 0.1) is 17.3 Å². The molecule has 65 valence electrons. The molecule has 0 saturated heterocycles. The zero-order valence-corrected chi connectivity index (χ0v) is 7.12. The molecule has 1 aromatic heterocycles. The van der Waals surface area contributed by atoms with Crippen LogP contribution in [0.5, 0.6) is 0 Å². The van der Waals surface area contributed by atoms with Gasteiger partial charge < -0.3 is 0 Å². The van der Waals surface area contributed by atoms with Gasteiger partial charge in [0.25, 0.3) is 0 Å².